The first-order chi connectivity index (χ1) is 12.9. The maximum Gasteiger partial charge on any atom is 0.251 e. The molecule has 0 saturated heterocycles. The quantitative estimate of drug-likeness (QED) is 0.748. The van der Waals surface area contributed by atoms with E-state index >= 15 is 0 Å². The first kappa shape index (κ1) is 20.5. The van der Waals surface area contributed by atoms with Crippen molar-refractivity contribution >= 4 is 11.8 Å². The maximum atomic E-state index is 12.2. The minimum Gasteiger partial charge on any atom is -0.497 e. The number of ether oxygens (including phenoxy) is 1. The van der Waals surface area contributed by atoms with Gasteiger partial charge in [-0.2, -0.15) is 0 Å². The van der Waals surface area contributed by atoms with E-state index in [0.717, 1.165) is 16.9 Å². The zero-order valence-corrected chi connectivity index (χ0v) is 16.3. The Hall–Kier alpha value is -2.86. The number of aryl methyl sites for hydroxylation is 1. The first-order valence-corrected chi connectivity index (χ1v) is 8.83. The molecule has 2 aromatic rings. The molecule has 6 nitrogen and oxygen atoms in total. The molecule has 2 amide bonds. The van der Waals surface area contributed by atoms with Crippen LogP contribution in [0.1, 0.15) is 27.5 Å². The van der Waals surface area contributed by atoms with E-state index in [1.54, 1.807) is 19.2 Å². The number of nitrogens with one attached hydrogen (secondary N) is 2. The Morgan fingerprint density at radius 2 is 1.70 bits per heavy atom. The van der Waals surface area contributed by atoms with Crippen LogP contribution in [0.2, 0.25) is 0 Å². The molecular weight excluding hydrogens is 342 g/mol. The first-order valence-electron chi connectivity index (χ1n) is 8.83. The third-order valence-electron chi connectivity index (χ3n) is 4.42. The Morgan fingerprint density at radius 1 is 1.04 bits per heavy atom. The predicted octanol–water partition coefficient (Wildman–Crippen LogP) is 2.15. The number of hydrogen-bond donors (Lipinski definition) is 2. The number of hydrogen-bond acceptors (Lipinski definition) is 4. The molecular formula is C21H27N3O3. The van der Waals surface area contributed by atoms with Crippen LogP contribution < -0.4 is 15.4 Å². The number of benzene rings is 2. The number of methoxy groups -OCH3 is 1. The van der Waals surface area contributed by atoms with Crippen LogP contribution in [0.4, 0.5) is 0 Å². The van der Waals surface area contributed by atoms with Gasteiger partial charge in [-0.25, -0.2) is 0 Å². The van der Waals surface area contributed by atoms with Crippen molar-refractivity contribution in [3.8, 4) is 5.75 Å². The second-order valence-electron chi connectivity index (χ2n) is 6.55. The van der Waals surface area contributed by atoms with Crippen molar-refractivity contribution in [1.29, 1.82) is 0 Å². The number of carbonyl (C=O) groups excluding carboxylic acids is 2. The highest BCUT2D eigenvalue weighted by Gasteiger charge is 2.16. The topological polar surface area (TPSA) is 70.7 Å². The molecule has 0 aliphatic carbocycles. The molecule has 144 valence electrons. The lowest BCUT2D eigenvalue weighted by molar-refractivity contribution is -0.120. The lowest BCUT2D eigenvalue weighted by atomic mass is 10.1. The van der Waals surface area contributed by atoms with Crippen molar-refractivity contribution in [1.82, 2.24) is 15.5 Å². The smallest absolute Gasteiger partial charge is 0.251 e. The van der Waals surface area contributed by atoms with Gasteiger partial charge in [0.05, 0.1) is 19.7 Å². The molecule has 0 saturated carbocycles. The molecule has 0 aliphatic rings. The lowest BCUT2D eigenvalue weighted by Crippen LogP contribution is -2.40. The minimum absolute atomic E-state index is 0.0203. The molecule has 0 aromatic heterocycles. The van der Waals surface area contributed by atoms with E-state index in [1.807, 2.05) is 62.3 Å². The molecule has 27 heavy (non-hydrogen) atoms. The van der Waals surface area contributed by atoms with E-state index in [1.165, 1.54) is 0 Å². The summed E-state index contributed by atoms with van der Waals surface area (Å²) < 4.78 is 5.18. The molecule has 0 fully saturated rings. The van der Waals surface area contributed by atoms with Crippen LogP contribution in [0, 0.1) is 6.92 Å². The van der Waals surface area contributed by atoms with E-state index in [-0.39, 0.29) is 24.4 Å². The van der Waals surface area contributed by atoms with Gasteiger partial charge < -0.3 is 20.3 Å². The van der Waals surface area contributed by atoms with Gasteiger partial charge in [0, 0.05) is 12.1 Å². The van der Waals surface area contributed by atoms with E-state index in [9.17, 15) is 9.59 Å². The standard InChI is InChI=1S/C21H27N3O3/c1-15-7-5-6-8-18(15)21(26)23-14-20(25)22-13-19(24(2)3)16-9-11-17(27-4)12-10-16/h5-12,19H,13-14H2,1-4H3,(H,22,25)(H,23,26). The van der Waals surface area contributed by atoms with Gasteiger partial charge in [-0.15, -0.1) is 0 Å². The van der Waals surface area contributed by atoms with Gasteiger partial charge in [-0.3, -0.25) is 9.59 Å². The molecule has 0 heterocycles. The fourth-order valence-electron chi connectivity index (χ4n) is 2.78. The second kappa shape index (κ2) is 9.73. The van der Waals surface area contributed by atoms with Crippen molar-refractivity contribution in [3.63, 3.8) is 0 Å². The van der Waals surface area contributed by atoms with Crippen LogP contribution in [-0.2, 0) is 4.79 Å². The SMILES string of the molecule is COc1ccc(C(CNC(=O)CNC(=O)c2ccccc2C)N(C)C)cc1. The Labute approximate surface area is 160 Å². The number of likely N-dealkylation sites (N-methyl/N-ethyl adjacent to an activating group) is 1. The summed E-state index contributed by atoms with van der Waals surface area (Å²) in [6.45, 7) is 2.25. The van der Waals surface area contributed by atoms with Gasteiger partial charge >= 0.3 is 0 Å². The summed E-state index contributed by atoms with van der Waals surface area (Å²) >= 11 is 0. The molecule has 0 aliphatic heterocycles. The summed E-state index contributed by atoms with van der Waals surface area (Å²) in [4.78, 5) is 26.4. The van der Waals surface area contributed by atoms with Crippen LogP contribution in [0.15, 0.2) is 48.5 Å². The van der Waals surface area contributed by atoms with E-state index < -0.39 is 0 Å². The molecule has 2 rings (SSSR count). The molecule has 0 spiro atoms. The van der Waals surface area contributed by atoms with Gasteiger partial charge in [0.1, 0.15) is 5.75 Å². The van der Waals surface area contributed by atoms with Crippen molar-refractivity contribution in [2.45, 2.75) is 13.0 Å². The van der Waals surface area contributed by atoms with Gasteiger partial charge in [-0.1, -0.05) is 30.3 Å². The summed E-state index contributed by atoms with van der Waals surface area (Å²) in [6, 6.07) is 15.1. The van der Waals surface area contributed by atoms with Crippen LogP contribution >= 0.6 is 0 Å². The van der Waals surface area contributed by atoms with E-state index in [4.69, 9.17) is 4.74 Å². The summed E-state index contributed by atoms with van der Waals surface area (Å²) in [7, 11) is 5.55. The Kier molecular flexibility index (Phi) is 7.37. The monoisotopic (exact) mass is 369 g/mol. The fraction of sp³-hybridized carbons (Fsp3) is 0.333. The Balaban J connectivity index is 1.88. The molecule has 0 bridgehead atoms. The average molecular weight is 369 g/mol. The summed E-state index contributed by atoms with van der Waals surface area (Å²) in [6.07, 6.45) is 0. The van der Waals surface area contributed by atoms with Crippen molar-refractivity contribution in [2.75, 3.05) is 34.3 Å². The van der Waals surface area contributed by atoms with Crippen LogP contribution in [0.3, 0.4) is 0 Å². The van der Waals surface area contributed by atoms with Gasteiger partial charge in [0.15, 0.2) is 0 Å². The van der Waals surface area contributed by atoms with Gasteiger partial charge in [0.2, 0.25) is 5.91 Å². The van der Waals surface area contributed by atoms with E-state index in [0.29, 0.717) is 12.1 Å². The number of rotatable bonds is 8. The van der Waals surface area contributed by atoms with E-state index in [2.05, 4.69) is 10.6 Å². The third kappa shape index (κ3) is 5.82. The number of amides is 2. The predicted molar refractivity (Wildman–Crippen MR) is 106 cm³/mol. The highest BCUT2D eigenvalue weighted by molar-refractivity contribution is 5.97. The zero-order chi connectivity index (χ0) is 19.8. The van der Waals surface area contributed by atoms with Crippen molar-refractivity contribution in [2.24, 2.45) is 0 Å². The lowest BCUT2D eigenvalue weighted by Gasteiger charge is -2.25. The Morgan fingerprint density at radius 3 is 2.30 bits per heavy atom. The number of carbonyl (C=O) groups is 2. The fourth-order valence-corrected chi connectivity index (χ4v) is 2.78. The van der Waals surface area contributed by atoms with Crippen molar-refractivity contribution < 1.29 is 14.3 Å². The number of nitrogens with zero attached hydrogens (tertiary/aromatic N) is 1. The van der Waals surface area contributed by atoms with Crippen LogP contribution in [-0.4, -0.2) is 51.0 Å². The van der Waals surface area contributed by atoms with Crippen LogP contribution in [0.25, 0.3) is 0 Å². The highest BCUT2D eigenvalue weighted by atomic mass is 16.5. The summed E-state index contributed by atoms with van der Waals surface area (Å²) in [5.74, 6) is 0.319. The molecule has 0 radical (unpaired) electrons. The van der Waals surface area contributed by atoms with Crippen LogP contribution in [0.5, 0.6) is 5.75 Å². The normalized spacial score (nSPS) is 11.7. The Bertz CT molecular complexity index is 772. The van der Waals surface area contributed by atoms with Gasteiger partial charge in [0.25, 0.3) is 5.91 Å². The molecule has 1 atom stereocenters. The average Bonchev–Trinajstić information content (AvgIpc) is 2.67. The zero-order valence-electron chi connectivity index (χ0n) is 16.3. The molecule has 1 unspecified atom stereocenters. The highest BCUT2D eigenvalue weighted by Crippen LogP contribution is 2.20. The second-order valence-corrected chi connectivity index (χ2v) is 6.55. The molecule has 2 N–H and O–H groups in total. The molecule has 6 heteroatoms. The van der Waals surface area contributed by atoms with Crippen molar-refractivity contribution in [3.05, 3.63) is 65.2 Å². The third-order valence-corrected chi connectivity index (χ3v) is 4.42. The minimum atomic E-state index is -0.248. The van der Waals surface area contributed by atoms with Gasteiger partial charge in [-0.05, 0) is 50.3 Å². The maximum absolute atomic E-state index is 12.2. The summed E-state index contributed by atoms with van der Waals surface area (Å²) in [5.41, 5.74) is 2.53. The summed E-state index contributed by atoms with van der Waals surface area (Å²) in [5, 5.41) is 5.55. The molecule has 2 aromatic carbocycles. The largest absolute Gasteiger partial charge is 0.497 e.